The summed E-state index contributed by atoms with van der Waals surface area (Å²) < 4.78 is 5.19. The van der Waals surface area contributed by atoms with Gasteiger partial charge in [0.15, 0.2) is 0 Å². The molecule has 1 heteroatoms. The minimum absolute atomic E-state index is 1.09. The van der Waals surface area contributed by atoms with Crippen LogP contribution in [0.4, 0.5) is 0 Å². The van der Waals surface area contributed by atoms with Crippen molar-refractivity contribution in [1.82, 2.24) is 0 Å². The summed E-state index contributed by atoms with van der Waals surface area (Å²) in [4.78, 5) is 0. The molecule has 0 aromatic carbocycles. The number of hydrogen-bond donors (Lipinski definition) is 0. The normalized spacial score (nSPS) is 11.7. The topological polar surface area (TPSA) is 0 Å². The van der Waals surface area contributed by atoms with Gasteiger partial charge in [-0.05, 0) is 0 Å². The van der Waals surface area contributed by atoms with Crippen molar-refractivity contribution in [1.29, 1.82) is 0 Å². The summed E-state index contributed by atoms with van der Waals surface area (Å²) in [6, 6.07) is 0. The molecule has 0 fully saturated rings. The molecule has 0 bridgehead atoms. The van der Waals surface area contributed by atoms with Crippen LogP contribution in [0.15, 0.2) is 0 Å². The number of rotatable bonds is 33. The van der Waals surface area contributed by atoms with Crippen LogP contribution in [0.1, 0.15) is 213 Å². The Bertz CT molecular complexity index is 322. The van der Waals surface area contributed by atoms with Crippen LogP contribution in [-0.2, 0) is 0 Å². The van der Waals surface area contributed by atoms with Crippen LogP contribution in [0.2, 0.25) is 13.3 Å². The first kappa shape index (κ1) is 37.8. The Hall–Kier alpha value is 0.799. The molecule has 37 heavy (non-hydrogen) atoms. The summed E-state index contributed by atoms with van der Waals surface area (Å²) in [6.45, 7) is 6.97. The standard InChI is InChI=1S/3C12H25.Sn/c3*1-3-5-7-9-11-12-10-8-6-4-2;/h3*1,3-12H2,2H3;. The van der Waals surface area contributed by atoms with E-state index in [1.165, 1.54) is 154 Å². The third-order valence-electron chi connectivity index (χ3n) is 8.65. The molecule has 0 rings (SSSR count). The summed E-state index contributed by atoms with van der Waals surface area (Å²) in [6.07, 6.45) is 45.0. The van der Waals surface area contributed by atoms with Crippen molar-refractivity contribution in [3.05, 3.63) is 0 Å². The van der Waals surface area contributed by atoms with Crippen LogP contribution in [-0.4, -0.2) is 19.8 Å². The van der Waals surface area contributed by atoms with Gasteiger partial charge in [0.05, 0.1) is 0 Å². The maximum atomic E-state index is 2.32. The van der Waals surface area contributed by atoms with Gasteiger partial charge in [-0.2, -0.15) is 0 Å². The third-order valence-corrected chi connectivity index (χ3v) is 17.7. The maximum absolute atomic E-state index is 2.32. The molecule has 0 nitrogen and oxygen atoms in total. The Labute approximate surface area is 245 Å². The molecule has 0 spiro atoms. The van der Waals surface area contributed by atoms with E-state index in [4.69, 9.17) is 0 Å². The van der Waals surface area contributed by atoms with E-state index in [0.29, 0.717) is 0 Å². The molecule has 0 aromatic heterocycles. The Morgan fingerprint density at radius 3 is 0.568 bits per heavy atom. The molecule has 0 N–H and O–H groups in total. The zero-order valence-electron chi connectivity index (χ0n) is 26.8. The van der Waals surface area contributed by atoms with Crippen molar-refractivity contribution in [2.24, 2.45) is 0 Å². The van der Waals surface area contributed by atoms with Crippen molar-refractivity contribution in [2.45, 2.75) is 227 Å². The van der Waals surface area contributed by atoms with Crippen LogP contribution in [0.25, 0.3) is 0 Å². The Kier molecular flexibility index (Phi) is 35.6. The van der Waals surface area contributed by atoms with Crippen LogP contribution in [0.3, 0.4) is 0 Å². The van der Waals surface area contributed by atoms with Crippen LogP contribution in [0.5, 0.6) is 0 Å². The number of hydrogen-bond acceptors (Lipinski definition) is 0. The molecular formula is C36H75Sn. The van der Waals surface area contributed by atoms with Crippen molar-refractivity contribution in [2.75, 3.05) is 0 Å². The molecule has 0 heterocycles. The van der Waals surface area contributed by atoms with Crippen molar-refractivity contribution in [3.63, 3.8) is 0 Å². The molecule has 0 saturated carbocycles. The second-order valence-electron chi connectivity index (χ2n) is 12.5. The zero-order chi connectivity index (χ0) is 26.9. The van der Waals surface area contributed by atoms with Gasteiger partial charge in [-0.25, -0.2) is 0 Å². The summed E-state index contributed by atoms with van der Waals surface area (Å²) in [5.41, 5.74) is 0. The van der Waals surface area contributed by atoms with E-state index in [2.05, 4.69) is 20.8 Å². The van der Waals surface area contributed by atoms with E-state index in [-0.39, 0.29) is 0 Å². The summed E-state index contributed by atoms with van der Waals surface area (Å²) in [7, 11) is 0. The van der Waals surface area contributed by atoms with Crippen LogP contribution in [0, 0.1) is 0 Å². The van der Waals surface area contributed by atoms with Crippen molar-refractivity contribution in [3.8, 4) is 0 Å². The first-order valence-corrected chi connectivity index (χ1v) is 24.2. The van der Waals surface area contributed by atoms with Gasteiger partial charge in [-0.1, -0.05) is 0 Å². The first-order valence-electron chi connectivity index (χ1n) is 18.2. The predicted molar refractivity (Wildman–Crippen MR) is 176 cm³/mol. The second kappa shape index (κ2) is 34.8. The van der Waals surface area contributed by atoms with Crippen molar-refractivity contribution < 1.29 is 0 Å². The van der Waals surface area contributed by atoms with Gasteiger partial charge in [-0.3, -0.25) is 0 Å². The van der Waals surface area contributed by atoms with Gasteiger partial charge in [0, 0.05) is 0 Å². The molecule has 0 aliphatic carbocycles. The van der Waals surface area contributed by atoms with Gasteiger partial charge in [0.2, 0.25) is 0 Å². The Balaban J connectivity index is 3.87. The fourth-order valence-electron chi connectivity index (χ4n) is 5.96. The molecule has 0 aromatic rings. The molecule has 223 valence electrons. The Morgan fingerprint density at radius 1 is 0.216 bits per heavy atom. The predicted octanol–water partition coefficient (Wildman–Crippen LogP) is 14.2. The van der Waals surface area contributed by atoms with E-state index < -0.39 is 19.8 Å². The quantitative estimate of drug-likeness (QED) is 0.0502. The second-order valence-corrected chi connectivity index (χ2v) is 21.1. The summed E-state index contributed by atoms with van der Waals surface area (Å²) >= 11 is -1.09. The van der Waals surface area contributed by atoms with Gasteiger partial charge in [0.1, 0.15) is 0 Å². The molecular weight excluding hydrogens is 551 g/mol. The fourth-order valence-corrected chi connectivity index (χ4v) is 14.5. The number of unbranched alkanes of at least 4 members (excludes halogenated alkanes) is 27. The average Bonchev–Trinajstić information content (AvgIpc) is 2.91. The van der Waals surface area contributed by atoms with Gasteiger partial charge < -0.3 is 0 Å². The molecule has 0 saturated heterocycles. The summed E-state index contributed by atoms with van der Waals surface area (Å²) in [5.74, 6) is 0. The van der Waals surface area contributed by atoms with E-state index in [1.807, 2.05) is 0 Å². The van der Waals surface area contributed by atoms with Gasteiger partial charge in [0.25, 0.3) is 0 Å². The third kappa shape index (κ3) is 32.9. The van der Waals surface area contributed by atoms with E-state index in [9.17, 15) is 0 Å². The van der Waals surface area contributed by atoms with E-state index >= 15 is 0 Å². The first-order chi connectivity index (χ1) is 18.3. The van der Waals surface area contributed by atoms with Gasteiger partial charge in [-0.15, -0.1) is 0 Å². The molecule has 0 aliphatic rings. The van der Waals surface area contributed by atoms with Crippen molar-refractivity contribution >= 4 is 19.8 Å². The molecule has 0 atom stereocenters. The Morgan fingerprint density at radius 2 is 0.378 bits per heavy atom. The average molecular weight is 627 g/mol. The SMILES string of the molecule is CCCCCCCCCCC[CH2][Sn]([CH2]CCCCCCCCCCC)[CH2]CCCCCCCCCCC. The van der Waals surface area contributed by atoms with E-state index in [1.54, 1.807) is 51.8 Å². The van der Waals surface area contributed by atoms with Crippen LogP contribution >= 0.6 is 0 Å². The molecule has 0 amide bonds. The monoisotopic (exact) mass is 627 g/mol. The minimum atomic E-state index is -1.09. The van der Waals surface area contributed by atoms with Crippen LogP contribution < -0.4 is 0 Å². The molecule has 1 radical (unpaired) electrons. The fraction of sp³-hybridized carbons (Fsp3) is 1.00. The zero-order valence-corrected chi connectivity index (χ0v) is 29.7. The molecule has 0 unspecified atom stereocenters. The molecule has 0 aliphatic heterocycles. The van der Waals surface area contributed by atoms with Gasteiger partial charge >= 0.3 is 246 Å². The summed E-state index contributed by atoms with van der Waals surface area (Å²) in [5, 5.41) is 0. The van der Waals surface area contributed by atoms with E-state index in [0.717, 1.165) is 0 Å².